The van der Waals surface area contributed by atoms with Crippen LogP contribution in [0.15, 0.2) is 60.3 Å². The molecule has 0 saturated heterocycles. The number of hydrogen-bond acceptors (Lipinski definition) is 4. The van der Waals surface area contributed by atoms with Crippen LogP contribution in [0, 0.1) is 11.3 Å². The number of rotatable bonds is 7. The number of hydrogen-bond donors (Lipinski definition) is 3. The SMILES string of the molecule is CCCCc1ccc(N/C=C(/C#N)C(=O)Nc2ccccc2O)cc1. The first kappa shape index (κ1) is 18.1. The van der Waals surface area contributed by atoms with Crippen LogP contribution in [0.3, 0.4) is 0 Å². The van der Waals surface area contributed by atoms with Crippen LogP contribution in [-0.2, 0) is 11.2 Å². The largest absolute Gasteiger partial charge is 0.506 e. The van der Waals surface area contributed by atoms with Gasteiger partial charge in [0.2, 0.25) is 0 Å². The summed E-state index contributed by atoms with van der Waals surface area (Å²) < 4.78 is 0. The fraction of sp³-hybridized carbons (Fsp3) is 0.200. The molecule has 0 spiro atoms. The summed E-state index contributed by atoms with van der Waals surface area (Å²) in [5.74, 6) is -0.639. The van der Waals surface area contributed by atoms with E-state index < -0.39 is 5.91 Å². The lowest BCUT2D eigenvalue weighted by molar-refractivity contribution is -0.112. The second kappa shape index (κ2) is 9.14. The van der Waals surface area contributed by atoms with Crippen molar-refractivity contribution in [2.45, 2.75) is 26.2 Å². The number of amides is 1. The third-order valence-corrected chi connectivity index (χ3v) is 3.67. The first-order chi connectivity index (χ1) is 12.1. The summed E-state index contributed by atoms with van der Waals surface area (Å²) in [6, 6.07) is 16.1. The van der Waals surface area contributed by atoms with Gasteiger partial charge >= 0.3 is 0 Å². The molecule has 5 nitrogen and oxygen atoms in total. The van der Waals surface area contributed by atoms with Crippen LogP contribution in [0.1, 0.15) is 25.3 Å². The van der Waals surface area contributed by atoms with Crippen molar-refractivity contribution >= 4 is 17.3 Å². The quantitative estimate of drug-likeness (QED) is 0.402. The lowest BCUT2D eigenvalue weighted by atomic mass is 10.1. The first-order valence-electron chi connectivity index (χ1n) is 8.19. The number of aryl methyl sites for hydroxylation is 1. The third kappa shape index (κ3) is 5.40. The number of aromatic hydroxyl groups is 1. The standard InChI is InChI=1S/C20H21N3O2/c1-2-3-6-15-9-11-17(12-10-15)22-14-16(13-21)20(25)23-18-7-4-5-8-19(18)24/h4-5,7-12,14,22,24H,2-3,6H2,1H3,(H,23,25)/b16-14-. The van der Waals surface area contributed by atoms with E-state index in [-0.39, 0.29) is 17.0 Å². The Morgan fingerprint density at radius 2 is 1.92 bits per heavy atom. The smallest absolute Gasteiger partial charge is 0.267 e. The molecule has 0 aliphatic heterocycles. The van der Waals surface area contributed by atoms with E-state index in [0.717, 1.165) is 24.9 Å². The Bertz CT molecular complexity index is 789. The number of nitrogens with one attached hydrogen (secondary N) is 2. The van der Waals surface area contributed by atoms with E-state index in [1.807, 2.05) is 30.3 Å². The summed E-state index contributed by atoms with van der Waals surface area (Å²) in [6.45, 7) is 2.16. The molecule has 0 radical (unpaired) electrons. The monoisotopic (exact) mass is 335 g/mol. The fourth-order valence-electron chi connectivity index (χ4n) is 2.22. The van der Waals surface area contributed by atoms with E-state index in [1.54, 1.807) is 18.2 Å². The Kier molecular flexibility index (Phi) is 6.61. The first-order valence-corrected chi connectivity index (χ1v) is 8.19. The number of phenolic OH excluding ortho intramolecular Hbond substituents is 1. The van der Waals surface area contributed by atoms with E-state index in [2.05, 4.69) is 17.6 Å². The zero-order valence-electron chi connectivity index (χ0n) is 14.1. The molecule has 2 rings (SSSR count). The Balaban J connectivity index is 2.01. The van der Waals surface area contributed by atoms with Crippen molar-refractivity contribution in [1.82, 2.24) is 0 Å². The van der Waals surface area contributed by atoms with Gasteiger partial charge in [0, 0.05) is 11.9 Å². The fourth-order valence-corrected chi connectivity index (χ4v) is 2.22. The minimum atomic E-state index is -0.587. The van der Waals surface area contributed by atoms with Crippen molar-refractivity contribution in [2.75, 3.05) is 10.6 Å². The van der Waals surface area contributed by atoms with Gasteiger partial charge in [-0.1, -0.05) is 37.6 Å². The molecule has 2 aromatic rings. The lowest BCUT2D eigenvalue weighted by Gasteiger charge is -2.07. The number of nitriles is 1. The number of anilines is 2. The van der Waals surface area contributed by atoms with Crippen LogP contribution in [0.4, 0.5) is 11.4 Å². The van der Waals surface area contributed by atoms with Gasteiger partial charge in [-0.05, 0) is 42.7 Å². The number of nitrogens with zero attached hydrogens (tertiary/aromatic N) is 1. The topological polar surface area (TPSA) is 85.2 Å². The highest BCUT2D eigenvalue weighted by Crippen LogP contribution is 2.22. The van der Waals surface area contributed by atoms with Gasteiger partial charge in [0.25, 0.3) is 5.91 Å². The van der Waals surface area contributed by atoms with Crippen molar-refractivity contribution in [3.8, 4) is 11.8 Å². The van der Waals surface area contributed by atoms with Gasteiger partial charge in [0.15, 0.2) is 0 Å². The van der Waals surface area contributed by atoms with Crippen molar-refractivity contribution in [2.24, 2.45) is 0 Å². The van der Waals surface area contributed by atoms with Crippen LogP contribution in [-0.4, -0.2) is 11.0 Å². The minimum Gasteiger partial charge on any atom is -0.506 e. The van der Waals surface area contributed by atoms with Gasteiger partial charge in [-0.25, -0.2) is 0 Å². The Morgan fingerprint density at radius 1 is 1.20 bits per heavy atom. The summed E-state index contributed by atoms with van der Waals surface area (Å²) in [4.78, 5) is 12.1. The summed E-state index contributed by atoms with van der Waals surface area (Å²) >= 11 is 0. The molecule has 0 bridgehead atoms. The number of carbonyl (C=O) groups is 1. The maximum atomic E-state index is 12.1. The lowest BCUT2D eigenvalue weighted by Crippen LogP contribution is -2.14. The maximum Gasteiger partial charge on any atom is 0.267 e. The van der Waals surface area contributed by atoms with Gasteiger partial charge in [-0.15, -0.1) is 0 Å². The molecule has 128 valence electrons. The molecule has 1 amide bonds. The molecule has 5 heteroatoms. The highest BCUT2D eigenvalue weighted by Gasteiger charge is 2.11. The van der Waals surface area contributed by atoms with E-state index in [9.17, 15) is 15.2 Å². The third-order valence-electron chi connectivity index (χ3n) is 3.67. The molecule has 25 heavy (non-hydrogen) atoms. The van der Waals surface area contributed by atoms with E-state index in [0.29, 0.717) is 0 Å². The van der Waals surface area contributed by atoms with Crippen molar-refractivity contribution in [3.63, 3.8) is 0 Å². The van der Waals surface area contributed by atoms with E-state index in [1.165, 1.54) is 17.8 Å². The number of carbonyl (C=O) groups excluding carboxylic acids is 1. The summed E-state index contributed by atoms with van der Waals surface area (Å²) in [5, 5.41) is 24.3. The summed E-state index contributed by atoms with van der Waals surface area (Å²) in [5.41, 5.74) is 2.23. The highest BCUT2D eigenvalue weighted by atomic mass is 16.3. The number of unbranched alkanes of at least 4 members (excludes halogenated alkanes) is 1. The molecule has 0 atom stereocenters. The van der Waals surface area contributed by atoms with Crippen molar-refractivity contribution in [1.29, 1.82) is 5.26 Å². The predicted octanol–water partition coefficient (Wildman–Crippen LogP) is 4.19. The average molecular weight is 335 g/mol. The van der Waals surface area contributed by atoms with Gasteiger partial charge in [-0.3, -0.25) is 4.79 Å². The Labute approximate surface area is 147 Å². The zero-order valence-corrected chi connectivity index (χ0v) is 14.1. The second-order valence-corrected chi connectivity index (χ2v) is 5.59. The Morgan fingerprint density at radius 3 is 2.56 bits per heavy atom. The zero-order chi connectivity index (χ0) is 18.1. The van der Waals surface area contributed by atoms with Crippen LogP contribution >= 0.6 is 0 Å². The molecule has 2 aromatic carbocycles. The normalized spacial score (nSPS) is 10.8. The molecule has 3 N–H and O–H groups in total. The molecule has 0 unspecified atom stereocenters. The minimum absolute atomic E-state index is 0.0521. The van der Waals surface area contributed by atoms with Crippen LogP contribution in [0.25, 0.3) is 0 Å². The molecule has 0 aliphatic carbocycles. The number of para-hydroxylation sites is 2. The van der Waals surface area contributed by atoms with Crippen LogP contribution < -0.4 is 10.6 Å². The van der Waals surface area contributed by atoms with Gasteiger partial charge < -0.3 is 15.7 Å². The molecule has 0 saturated carbocycles. The van der Waals surface area contributed by atoms with Gasteiger partial charge in [-0.2, -0.15) is 5.26 Å². The van der Waals surface area contributed by atoms with Gasteiger partial charge in [0.1, 0.15) is 17.4 Å². The highest BCUT2D eigenvalue weighted by molar-refractivity contribution is 6.07. The van der Waals surface area contributed by atoms with E-state index in [4.69, 9.17) is 0 Å². The molecule has 0 heterocycles. The Hall–Kier alpha value is -3.26. The van der Waals surface area contributed by atoms with Crippen LogP contribution in [0.2, 0.25) is 0 Å². The molecule has 0 fully saturated rings. The molecule has 0 aliphatic rings. The number of benzene rings is 2. The van der Waals surface area contributed by atoms with Crippen LogP contribution in [0.5, 0.6) is 5.75 Å². The second-order valence-electron chi connectivity index (χ2n) is 5.59. The molecule has 0 aromatic heterocycles. The summed E-state index contributed by atoms with van der Waals surface area (Å²) in [7, 11) is 0. The van der Waals surface area contributed by atoms with Gasteiger partial charge in [0.05, 0.1) is 5.69 Å². The maximum absolute atomic E-state index is 12.1. The predicted molar refractivity (Wildman–Crippen MR) is 99.1 cm³/mol. The molecular weight excluding hydrogens is 314 g/mol. The number of phenols is 1. The average Bonchev–Trinajstić information content (AvgIpc) is 2.63. The van der Waals surface area contributed by atoms with E-state index >= 15 is 0 Å². The van der Waals surface area contributed by atoms with Crippen molar-refractivity contribution < 1.29 is 9.90 Å². The summed E-state index contributed by atoms with van der Waals surface area (Å²) in [6.07, 6.45) is 4.70. The van der Waals surface area contributed by atoms with Crippen molar-refractivity contribution in [3.05, 3.63) is 65.9 Å². The molecular formula is C20H21N3O2.